The molecule has 0 aromatic heterocycles. The van der Waals surface area contributed by atoms with Gasteiger partial charge in [0.15, 0.2) is 8.32 Å². The summed E-state index contributed by atoms with van der Waals surface area (Å²) in [6.07, 6.45) is 3.96. The molecule has 0 aliphatic carbocycles. The Hall–Kier alpha value is -0.0431. The lowest BCUT2D eigenvalue weighted by Gasteiger charge is -2.37. The molecule has 0 aromatic rings. The first kappa shape index (κ1) is 15.0. The van der Waals surface area contributed by atoms with Crippen LogP contribution in [0.1, 0.15) is 27.7 Å². The van der Waals surface area contributed by atoms with E-state index in [2.05, 4.69) is 67.5 Å². The molecule has 15 heavy (non-hydrogen) atoms. The molecule has 0 rings (SSSR count). The molecule has 0 aromatic carbocycles. The van der Waals surface area contributed by atoms with Crippen LogP contribution in [0.4, 0.5) is 0 Å². The van der Waals surface area contributed by atoms with Gasteiger partial charge in [-0.2, -0.15) is 0 Å². The van der Waals surface area contributed by atoms with Crippen molar-refractivity contribution < 1.29 is 4.43 Å². The van der Waals surface area contributed by atoms with Crippen molar-refractivity contribution in [1.29, 1.82) is 0 Å². The molecule has 0 spiro atoms. The van der Waals surface area contributed by atoms with Gasteiger partial charge >= 0.3 is 0 Å². The summed E-state index contributed by atoms with van der Waals surface area (Å²) >= 11 is 3.05. The average molecular weight is 289 g/mol. The quantitative estimate of drug-likeness (QED) is 0.555. The Labute approximate surface area is 104 Å². The lowest BCUT2D eigenvalue weighted by atomic mass is 10.2. The standard InChI is InChI=1S/C12H21BrOSi/c1-11(9-7-8-10-13)14-15(5,6)12(2,3)4/h7,9,11H,1-6H3/b9-7+/t11-/m0/s1. The van der Waals surface area contributed by atoms with Gasteiger partial charge in [-0.25, -0.2) is 0 Å². The molecule has 0 bridgehead atoms. The lowest BCUT2D eigenvalue weighted by Crippen LogP contribution is -2.42. The highest BCUT2D eigenvalue weighted by molar-refractivity contribution is 9.12. The molecule has 0 aliphatic heterocycles. The van der Waals surface area contributed by atoms with Gasteiger partial charge < -0.3 is 4.43 Å². The molecule has 0 heterocycles. The Morgan fingerprint density at radius 2 is 1.87 bits per heavy atom. The molecule has 0 N–H and O–H groups in total. The van der Waals surface area contributed by atoms with Crippen LogP contribution in [0.25, 0.3) is 0 Å². The molecule has 0 radical (unpaired) electrons. The Bertz CT molecular complexity index is 278. The molecule has 1 nitrogen and oxygen atoms in total. The zero-order valence-corrected chi connectivity index (χ0v) is 13.1. The molecule has 3 heteroatoms. The van der Waals surface area contributed by atoms with Crippen LogP contribution in [-0.4, -0.2) is 14.4 Å². The van der Waals surface area contributed by atoms with E-state index in [0.717, 1.165) is 0 Å². The first-order valence-electron chi connectivity index (χ1n) is 5.16. The van der Waals surface area contributed by atoms with E-state index < -0.39 is 8.32 Å². The molecule has 0 saturated carbocycles. The van der Waals surface area contributed by atoms with Gasteiger partial charge in [0, 0.05) is 15.9 Å². The highest BCUT2D eigenvalue weighted by atomic mass is 79.9. The smallest absolute Gasteiger partial charge is 0.192 e. The van der Waals surface area contributed by atoms with Gasteiger partial charge in [0.1, 0.15) is 0 Å². The zero-order valence-electron chi connectivity index (χ0n) is 10.5. The van der Waals surface area contributed by atoms with E-state index in [4.69, 9.17) is 4.43 Å². The Morgan fingerprint density at radius 1 is 1.33 bits per heavy atom. The van der Waals surface area contributed by atoms with E-state index in [0.29, 0.717) is 0 Å². The average Bonchev–Trinajstić information content (AvgIpc) is 2.01. The monoisotopic (exact) mass is 288 g/mol. The van der Waals surface area contributed by atoms with Gasteiger partial charge in [-0.1, -0.05) is 26.7 Å². The zero-order chi connectivity index (χ0) is 12.1. The largest absolute Gasteiger partial charge is 0.411 e. The third-order valence-corrected chi connectivity index (χ3v) is 7.59. The maximum atomic E-state index is 6.12. The summed E-state index contributed by atoms with van der Waals surface area (Å²) in [6.45, 7) is 13.3. The summed E-state index contributed by atoms with van der Waals surface area (Å²) in [6, 6.07) is 0. The fourth-order valence-corrected chi connectivity index (χ4v) is 2.39. The van der Waals surface area contributed by atoms with Gasteiger partial charge in [-0.05, 0) is 42.0 Å². The summed E-state index contributed by atoms with van der Waals surface area (Å²) in [5.41, 5.74) is 0. The molecular weight excluding hydrogens is 268 g/mol. The van der Waals surface area contributed by atoms with E-state index in [1.165, 1.54) is 0 Å². The van der Waals surface area contributed by atoms with Gasteiger partial charge in [0.05, 0.1) is 6.10 Å². The van der Waals surface area contributed by atoms with Gasteiger partial charge in [-0.15, -0.1) is 0 Å². The SMILES string of the molecule is C[C@@H](/C=C/C#CBr)O[Si](C)(C)C(C)(C)C. The Morgan fingerprint density at radius 3 is 2.27 bits per heavy atom. The maximum Gasteiger partial charge on any atom is 0.192 e. The topological polar surface area (TPSA) is 9.23 Å². The minimum atomic E-state index is -1.64. The second-order valence-electron chi connectivity index (χ2n) is 5.18. The second kappa shape index (κ2) is 5.88. The molecule has 0 aliphatic rings. The number of rotatable bonds is 3. The normalized spacial score (nSPS) is 14.9. The van der Waals surface area contributed by atoms with Crippen molar-refractivity contribution >= 4 is 24.2 Å². The Kier molecular flexibility index (Phi) is 5.87. The van der Waals surface area contributed by atoms with E-state index in [-0.39, 0.29) is 11.1 Å². The predicted molar refractivity (Wildman–Crippen MR) is 73.6 cm³/mol. The fourth-order valence-electron chi connectivity index (χ4n) is 0.896. The van der Waals surface area contributed by atoms with Crippen LogP contribution in [0.15, 0.2) is 12.2 Å². The van der Waals surface area contributed by atoms with Gasteiger partial charge in [-0.3, -0.25) is 0 Å². The first-order valence-corrected chi connectivity index (χ1v) is 8.86. The fraction of sp³-hybridized carbons (Fsp3) is 0.667. The van der Waals surface area contributed by atoms with E-state index >= 15 is 0 Å². The van der Waals surface area contributed by atoms with Crippen molar-refractivity contribution in [3.8, 4) is 10.8 Å². The van der Waals surface area contributed by atoms with E-state index in [1.54, 1.807) is 0 Å². The molecule has 0 fully saturated rings. The van der Waals surface area contributed by atoms with Crippen molar-refractivity contribution in [2.75, 3.05) is 0 Å². The highest BCUT2D eigenvalue weighted by Gasteiger charge is 2.37. The predicted octanol–water partition coefficient (Wildman–Crippen LogP) is 4.31. The molecule has 0 unspecified atom stereocenters. The maximum absolute atomic E-state index is 6.12. The number of allylic oxidation sites excluding steroid dienone is 1. The number of hydrogen-bond acceptors (Lipinski definition) is 1. The van der Waals surface area contributed by atoms with E-state index in [9.17, 15) is 0 Å². The van der Waals surface area contributed by atoms with Gasteiger partial charge in [0.2, 0.25) is 0 Å². The summed E-state index contributed by atoms with van der Waals surface area (Å²) in [5, 5.41) is 0.260. The van der Waals surface area contributed by atoms with Gasteiger partial charge in [0.25, 0.3) is 0 Å². The first-order chi connectivity index (χ1) is 6.70. The molecular formula is C12H21BrOSi. The number of halogens is 1. The summed E-state index contributed by atoms with van der Waals surface area (Å²) in [5.74, 6) is 2.83. The second-order valence-corrected chi connectivity index (χ2v) is 10.3. The van der Waals surface area contributed by atoms with Crippen molar-refractivity contribution in [3.05, 3.63) is 12.2 Å². The molecule has 86 valence electrons. The minimum absolute atomic E-state index is 0.138. The van der Waals surface area contributed by atoms with Crippen LogP contribution in [-0.2, 0) is 4.43 Å². The summed E-state index contributed by atoms with van der Waals surface area (Å²) in [7, 11) is -1.64. The summed E-state index contributed by atoms with van der Waals surface area (Å²) < 4.78 is 6.12. The third kappa shape index (κ3) is 5.55. The highest BCUT2D eigenvalue weighted by Crippen LogP contribution is 2.37. The minimum Gasteiger partial charge on any atom is -0.411 e. The van der Waals surface area contributed by atoms with Crippen LogP contribution in [0.3, 0.4) is 0 Å². The Balaban J connectivity index is 4.39. The van der Waals surface area contributed by atoms with Crippen molar-refractivity contribution in [1.82, 2.24) is 0 Å². The van der Waals surface area contributed by atoms with E-state index in [1.807, 2.05) is 12.2 Å². The van der Waals surface area contributed by atoms with Crippen molar-refractivity contribution in [2.45, 2.75) is 51.9 Å². The molecule has 1 atom stereocenters. The van der Waals surface area contributed by atoms with Crippen molar-refractivity contribution in [3.63, 3.8) is 0 Å². The van der Waals surface area contributed by atoms with Crippen LogP contribution in [0.5, 0.6) is 0 Å². The van der Waals surface area contributed by atoms with Crippen LogP contribution < -0.4 is 0 Å². The third-order valence-electron chi connectivity index (χ3n) is 2.79. The molecule has 0 saturated heterocycles. The summed E-state index contributed by atoms with van der Waals surface area (Å²) in [4.78, 5) is 2.65. The molecule has 0 amide bonds. The van der Waals surface area contributed by atoms with Crippen LogP contribution in [0, 0.1) is 10.8 Å². The lowest BCUT2D eigenvalue weighted by molar-refractivity contribution is 0.243. The number of hydrogen-bond donors (Lipinski definition) is 0. The van der Waals surface area contributed by atoms with Crippen molar-refractivity contribution in [2.24, 2.45) is 0 Å². The van der Waals surface area contributed by atoms with Crippen LogP contribution in [0.2, 0.25) is 18.1 Å². The van der Waals surface area contributed by atoms with Crippen LogP contribution >= 0.6 is 15.9 Å².